The van der Waals surface area contributed by atoms with Gasteiger partial charge >= 0.3 is 0 Å². The molecule has 1 aliphatic carbocycles. The Labute approximate surface area is 143 Å². The summed E-state index contributed by atoms with van der Waals surface area (Å²) in [6, 6.07) is 17.1. The van der Waals surface area contributed by atoms with Crippen LogP contribution in [0.2, 0.25) is 0 Å². The Kier molecular flexibility index (Phi) is 3.69. The van der Waals surface area contributed by atoms with Gasteiger partial charge in [-0.2, -0.15) is 0 Å². The largest absolute Gasteiger partial charge is 0.396 e. The molecule has 0 spiro atoms. The lowest BCUT2D eigenvalue weighted by atomic mass is 9.96. The molecular formula is C20H17F2NO2. The highest BCUT2D eigenvalue weighted by molar-refractivity contribution is 6.18. The summed E-state index contributed by atoms with van der Waals surface area (Å²) in [5.41, 5.74) is 0.498. The Hall–Kier alpha value is -2.53. The van der Waals surface area contributed by atoms with Crippen molar-refractivity contribution in [3.8, 4) is 0 Å². The van der Waals surface area contributed by atoms with Crippen molar-refractivity contribution in [2.45, 2.75) is 5.92 Å². The third kappa shape index (κ3) is 2.55. The predicted molar refractivity (Wildman–Crippen MR) is 92.8 cm³/mol. The van der Waals surface area contributed by atoms with E-state index in [1.165, 1.54) is 0 Å². The summed E-state index contributed by atoms with van der Waals surface area (Å²) in [5, 5.41) is 15.1. The first-order chi connectivity index (χ1) is 12.0. The molecule has 1 fully saturated rings. The summed E-state index contributed by atoms with van der Waals surface area (Å²) >= 11 is 0. The third-order valence-electron chi connectivity index (χ3n) is 5.04. The maximum atomic E-state index is 13.5. The standard InChI is InChI=1S/C20H17F2NO2/c21-20(22)16(17(20)11-24)10-23-19(25)18-14-7-3-1-5-12(14)9-13-6-2-4-8-15(13)18/h1-9,16-17,24H,10-11H2,(H,23,25)/t16-,17-/m1/s1. The minimum absolute atomic E-state index is 0.144. The minimum Gasteiger partial charge on any atom is -0.396 e. The minimum atomic E-state index is -2.90. The molecule has 0 radical (unpaired) electrons. The van der Waals surface area contributed by atoms with Gasteiger partial charge in [-0.05, 0) is 27.6 Å². The molecule has 2 atom stereocenters. The summed E-state index contributed by atoms with van der Waals surface area (Å²) in [4.78, 5) is 12.8. The summed E-state index contributed by atoms with van der Waals surface area (Å²) < 4.78 is 27.0. The Morgan fingerprint density at radius 3 is 2.08 bits per heavy atom. The average molecular weight is 341 g/mol. The molecule has 1 amide bonds. The van der Waals surface area contributed by atoms with E-state index in [1.807, 2.05) is 54.6 Å². The van der Waals surface area contributed by atoms with Gasteiger partial charge in [-0.15, -0.1) is 0 Å². The molecule has 0 heterocycles. The Morgan fingerprint density at radius 2 is 1.56 bits per heavy atom. The molecule has 3 aromatic rings. The molecule has 0 aromatic heterocycles. The van der Waals surface area contributed by atoms with E-state index in [2.05, 4.69) is 5.32 Å². The number of carbonyl (C=O) groups is 1. The van der Waals surface area contributed by atoms with Crippen molar-refractivity contribution in [3.63, 3.8) is 0 Å². The van der Waals surface area contributed by atoms with Crippen molar-refractivity contribution in [1.29, 1.82) is 0 Å². The van der Waals surface area contributed by atoms with Crippen molar-refractivity contribution in [1.82, 2.24) is 5.32 Å². The van der Waals surface area contributed by atoms with E-state index in [4.69, 9.17) is 5.11 Å². The van der Waals surface area contributed by atoms with Crippen LogP contribution in [0.1, 0.15) is 10.4 Å². The van der Waals surface area contributed by atoms with Crippen LogP contribution in [0.4, 0.5) is 8.78 Å². The van der Waals surface area contributed by atoms with Crippen LogP contribution in [0.5, 0.6) is 0 Å². The van der Waals surface area contributed by atoms with Gasteiger partial charge in [0.05, 0.1) is 24.0 Å². The number of nitrogens with one attached hydrogen (secondary N) is 1. The number of amides is 1. The van der Waals surface area contributed by atoms with Gasteiger partial charge in [0.1, 0.15) is 0 Å². The number of benzene rings is 3. The van der Waals surface area contributed by atoms with Gasteiger partial charge in [-0.3, -0.25) is 4.79 Å². The molecule has 3 nitrogen and oxygen atoms in total. The van der Waals surface area contributed by atoms with Crippen molar-refractivity contribution in [3.05, 3.63) is 60.2 Å². The van der Waals surface area contributed by atoms with E-state index in [9.17, 15) is 13.6 Å². The lowest BCUT2D eigenvalue weighted by Crippen LogP contribution is -2.27. The predicted octanol–water partition coefficient (Wildman–Crippen LogP) is 3.60. The number of alkyl halides is 2. The highest BCUT2D eigenvalue weighted by Crippen LogP contribution is 2.54. The average Bonchev–Trinajstić information content (AvgIpc) is 3.16. The van der Waals surface area contributed by atoms with Crippen molar-refractivity contribution < 1.29 is 18.7 Å². The van der Waals surface area contributed by atoms with Gasteiger partial charge < -0.3 is 10.4 Å². The highest BCUT2D eigenvalue weighted by atomic mass is 19.3. The van der Waals surface area contributed by atoms with Crippen LogP contribution in [-0.4, -0.2) is 30.1 Å². The summed E-state index contributed by atoms with van der Waals surface area (Å²) in [7, 11) is 0. The maximum absolute atomic E-state index is 13.5. The number of rotatable bonds is 4. The Bertz CT molecular complexity index is 916. The topological polar surface area (TPSA) is 49.3 Å². The second-order valence-electron chi connectivity index (χ2n) is 6.47. The molecule has 2 N–H and O–H groups in total. The number of fused-ring (bicyclic) bond motifs is 2. The van der Waals surface area contributed by atoms with Gasteiger partial charge in [0.2, 0.25) is 0 Å². The number of aliphatic hydroxyl groups excluding tert-OH is 1. The van der Waals surface area contributed by atoms with Crippen LogP contribution < -0.4 is 5.32 Å². The van der Waals surface area contributed by atoms with Gasteiger partial charge in [0.15, 0.2) is 0 Å². The monoisotopic (exact) mass is 341 g/mol. The Balaban J connectivity index is 1.70. The van der Waals surface area contributed by atoms with E-state index in [0.29, 0.717) is 5.56 Å². The first-order valence-corrected chi connectivity index (χ1v) is 8.21. The highest BCUT2D eigenvalue weighted by Gasteiger charge is 2.67. The first kappa shape index (κ1) is 16.0. The van der Waals surface area contributed by atoms with Gasteiger partial charge in [-0.25, -0.2) is 8.78 Å². The van der Waals surface area contributed by atoms with Crippen LogP contribution in [0.3, 0.4) is 0 Å². The lowest BCUT2D eigenvalue weighted by molar-refractivity contribution is 0.0715. The molecule has 0 aliphatic heterocycles. The normalized spacial score (nSPS) is 21.4. The van der Waals surface area contributed by atoms with Crippen LogP contribution in [0.25, 0.3) is 21.5 Å². The van der Waals surface area contributed by atoms with Crippen LogP contribution in [0.15, 0.2) is 54.6 Å². The van der Waals surface area contributed by atoms with E-state index in [1.54, 1.807) is 0 Å². The van der Waals surface area contributed by atoms with Crippen LogP contribution >= 0.6 is 0 Å². The fraction of sp³-hybridized carbons (Fsp3) is 0.250. The Morgan fingerprint density at radius 1 is 1.00 bits per heavy atom. The third-order valence-corrected chi connectivity index (χ3v) is 5.04. The van der Waals surface area contributed by atoms with E-state index < -0.39 is 24.4 Å². The molecule has 1 saturated carbocycles. The van der Waals surface area contributed by atoms with Gasteiger partial charge in [0.25, 0.3) is 11.8 Å². The number of hydrogen-bond donors (Lipinski definition) is 2. The molecule has 4 rings (SSSR count). The fourth-order valence-corrected chi connectivity index (χ4v) is 3.54. The zero-order valence-electron chi connectivity index (χ0n) is 13.4. The van der Waals surface area contributed by atoms with Crippen LogP contribution in [-0.2, 0) is 0 Å². The number of hydrogen-bond acceptors (Lipinski definition) is 2. The lowest BCUT2D eigenvalue weighted by Gasteiger charge is -2.12. The fourth-order valence-electron chi connectivity index (χ4n) is 3.54. The van der Waals surface area contributed by atoms with Crippen molar-refractivity contribution in [2.75, 3.05) is 13.2 Å². The molecule has 1 aliphatic rings. The zero-order chi connectivity index (χ0) is 17.6. The maximum Gasteiger partial charge on any atom is 0.258 e. The molecule has 3 aromatic carbocycles. The molecule has 0 bridgehead atoms. The van der Waals surface area contributed by atoms with E-state index >= 15 is 0 Å². The zero-order valence-corrected chi connectivity index (χ0v) is 13.4. The second kappa shape index (κ2) is 5.77. The van der Waals surface area contributed by atoms with Gasteiger partial charge in [-0.1, -0.05) is 48.5 Å². The number of aliphatic hydroxyl groups is 1. The van der Waals surface area contributed by atoms with Crippen molar-refractivity contribution in [2.24, 2.45) is 11.8 Å². The summed E-state index contributed by atoms with van der Waals surface area (Å²) in [5.74, 6) is -5.32. The number of halogens is 2. The van der Waals surface area contributed by atoms with Gasteiger partial charge in [0, 0.05) is 6.54 Å². The molecular weight excluding hydrogens is 324 g/mol. The quantitative estimate of drug-likeness (QED) is 0.713. The van der Waals surface area contributed by atoms with Crippen molar-refractivity contribution >= 4 is 27.5 Å². The molecule has 25 heavy (non-hydrogen) atoms. The smallest absolute Gasteiger partial charge is 0.258 e. The number of carbonyl (C=O) groups excluding carboxylic acids is 1. The molecule has 5 heteroatoms. The van der Waals surface area contributed by atoms with Crippen LogP contribution in [0, 0.1) is 11.8 Å². The molecule has 128 valence electrons. The second-order valence-corrected chi connectivity index (χ2v) is 6.47. The van der Waals surface area contributed by atoms with E-state index in [0.717, 1.165) is 21.5 Å². The summed E-state index contributed by atoms with van der Waals surface area (Å²) in [6.07, 6.45) is 0. The first-order valence-electron chi connectivity index (χ1n) is 8.21. The molecule has 0 saturated heterocycles. The van der Waals surface area contributed by atoms with E-state index in [-0.39, 0.29) is 12.5 Å². The SMILES string of the molecule is O=C(NC[C@@H]1[C@@H](CO)C1(F)F)c1c2ccccc2cc2ccccc12. The summed E-state index contributed by atoms with van der Waals surface area (Å²) in [6.45, 7) is -0.709. The molecule has 0 unspecified atom stereocenters.